The number of hydrogen-bond donors (Lipinski definition) is 0. The maximum atomic E-state index is 5.97. The van der Waals surface area contributed by atoms with Crippen molar-refractivity contribution in [3.63, 3.8) is 0 Å². The molecule has 0 aliphatic heterocycles. The van der Waals surface area contributed by atoms with Gasteiger partial charge in [-0.1, -0.05) is 53.6 Å². The maximum Gasteiger partial charge on any atom is 0.165 e. The molecule has 1 aromatic carbocycles. The molecule has 100 valence electrons. The molecule has 0 aliphatic rings. The zero-order chi connectivity index (χ0) is 13.9. The molecule has 0 amide bonds. The van der Waals surface area contributed by atoms with Gasteiger partial charge in [-0.25, -0.2) is 15.0 Å². The van der Waals surface area contributed by atoms with Crippen LogP contribution in [0.25, 0.3) is 17.2 Å². The lowest BCUT2D eigenvalue weighted by atomic mass is 10.1. The summed E-state index contributed by atoms with van der Waals surface area (Å²) in [6.45, 7) is 2.77. The first-order valence-electron chi connectivity index (χ1n) is 6.28. The van der Waals surface area contributed by atoms with Crippen LogP contribution in [0.1, 0.15) is 11.1 Å². The summed E-state index contributed by atoms with van der Waals surface area (Å²) in [5, 5.41) is 0.385. The molecular formula is C15H13ClN4. The fraction of sp³-hybridized carbons (Fsp3) is 0.133. The lowest BCUT2D eigenvalue weighted by molar-refractivity contribution is 0.839. The Morgan fingerprint density at radius 2 is 1.95 bits per heavy atom. The van der Waals surface area contributed by atoms with Crippen LogP contribution in [0.3, 0.4) is 0 Å². The normalized spacial score (nSPS) is 11.5. The molecule has 0 radical (unpaired) electrons. The molecule has 5 heteroatoms. The predicted octanol–water partition coefficient (Wildman–Crippen LogP) is 3.50. The molecule has 4 nitrogen and oxygen atoms in total. The first-order chi connectivity index (χ1) is 9.74. The summed E-state index contributed by atoms with van der Waals surface area (Å²) in [6.07, 6.45) is 7.33. The fourth-order valence-corrected chi connectivity index (χ4v) is 2.14. The monoisotopic (exact) mass is 284 g/mol. The number of fused-ring (bicyclic) bond motifs is 1. The number of aromatic nitrogens is 4. The second-order valence-electron chi connectivity index (χ2n) is 4.55. The van der Waals surface area contributed by atoms with E-state index in [1.165, 1.54) is 17.5 Å². The van der Waals surface area contributed by atoms with Crippen LogP contribution in [0.4, 0.5) is 0 Å². The highest BCUT2D eigenvalue weighted by Crippen LogP contribution is 2.17. The van der Waals surface area contributed by atoms with Crippen LogP contribution >= 0.6 is 11.6 Å². The average molecular weight is 285 g/mol. The average Bonchev–Trinajstić information content (AvgIpc) is 2.86. The molecule has 0 saturated heterocycles. The number of aryl methyl sites for hydroxylation is 1. The van der Waals surface area contributed by atoms with Gasteiger partial charge in [-0.3, -0.25) is 0 Å². The van der Waals surface area contributed by atoms with Crippen molar-refractivity contribution in [3.8, 4) is 0 Å². The third-order valence-corrected chi connectivity index (χ3v) is 3.32. The Balaban J connectivity index is 1.80. The zero-order valence-electron chi connectivity index (χ0n) is 11.0. The van der Waals surface area contributed by atoms with Crippen LogP contribution in [-0.4, -0.2) is 19.5 Å². The summed E-state index contributed by atoms with van der Waals surface area (Å²) >= 11 is 5.97. The molecule has 3 aromatic rings. The summed E-state index contributed by atoms with van der Waals surface area (Å²) in [7, 11) is 0. The number of nitrogens with zero attached hydrogens (tertiary/aromatic N) is 4. The lowest BCUT2D eigenvalue weighted by Crippen LogP contribution is -1.95. The minimum Gasteiger partial charge on any atom is -0.311 e. The largest absolute Gasteiger partial charge is 0.311 e. The number of imidazole rings is 1. The first-order valence-corrected chi connectivity index (χ1v) is 6.66. The molecule has 0 saturated carbocycles. The van der Waals surface area contributed by atoms with Crippen molar-refractivity contribution >= 4 is 28.8 Å². The van der Waals surface area contributed by atoms with E-state index >= 15 is 0 Å². The Morgan fingerprint density at radius 1 is 1.15 bits per heavy atom. The smallest absolute Gasteiger partial charge is 0.165 e. The van der Waals surface area contributed by atoms with Crippen molar-refractivity contribution in [2.75, 3.05) is 0 Å². The quantitative estimate of drug-likeness (QED) is 0.691. The van der Waals surface area contributed by atoms with E-state index in [2.05, 4.69) is 58.3 Å². The molecule has 0 spiro atoms. The summed E-state index contributed by atoms with van der Waals surface area (Å²) in [5.74, 6) is 0. The molecular weight excluding hydrogens is 272 g/mol. The van der Waals surface area contributed by atoms with Gasteiger partial charge in [0, 0.05) is 6.54 Å². The van der Waals surface area contributed by atoms with E-state index in [-0.39, 0.29) is 0 Å². The highest BCUT2D eigenvalue weighted by molar-refractivity contribution is 6.33. The topological polar surface area (TPSA) is 43.6 Å². The van der Waals surface area contributed by atoms with E-state index in [1.807, 2.05) is 4.57 Å². The molecule has 2 heterocycles. The molecule has 20 heavy (non-hydrogen) atoms. The van der Waals surface area contributed by atoms with Crippen LogP contribution in [-0.2, 0) is 6.54 Å². The molecule has 3 rings (SSSR count). The van der Waals surface area contributed by atoms with Crippen LogP contribution in [0, 0.1) is 6.92 Å². The van der Waals surface area contributed by atoms with Gasteiger partial charge in [0.05, 0.1) is 6.33 Å². The summed E-state index contributed by atoms with van der Waals surface area (Å²) in [5.41, 5.74) is 3.82. The van der Waals surface area contributed by atoms with Gasteiger partial charge in [-0.15, -0.1) is 0 Å². The molecule has 0 aliphatic carbocycles. The number of halogens is 1. The van der Waals surface area contributed by atoms with E-state index in [1.54, 1.807) is 6.33 Å². The van der Waals surface area contributed by atoms with Crippen LogP contribution < -0.4 is 0 Å². The molecule has 0 atom stereocenters. The van der Waals surface area contributed by atoms with E-state index < -0.39 is 0 Å². The highest BCUT2D eigenvalue weighted by atomic mass is 35.5. The van der Waals surface area contributed by atoms with E-state index in [4.69, 9.17) is 11.6 Å². The second-order valence-corrected chi connectivity index (χ2v) is 4.90. The second kappa shape index (κ2) is 5.43. The van der Waals surface area contributed by atoms with Crippen LogP contribution in [0.15, 0.2) is 43.0 Å². The standard InChI is InChI=1S/C15H13ClN4/c1-11-4-6-12(7-5-11)3-2-8-20-10-19-13-14(16)17-9-18-15(13)20/h2-7,9-10H,8H2,1H3/b3-2+. The van der Waals surface area contributed by atoms with Gasteiger partial charge in [-0.2, -0.15) is 0 Å². The Morgan fingerprint density at radius 3 is 2.75 bits per heavy atom. The van der Waals surface area contributed by atoms with Gasteiger partial charge in [0.2, 0.25) is 0 Å². The van der Waals surface area contributed by atoms with Crippen molar-refractivity contribution in [1.29, 1.82) is 0 Å². The molecule has 0 N–H and O–H groups in total. The summed E-state index contributed by atoms with van der Waals surface area (Å²) < 4.78 is 1.94. The fourth-order valence-electron chi connectivity index (χ4n) is 1.97. The third kappa shape index (κ3) is 2.56. The number of hydrogen-bond acceptors (Lipinski definition) is 3. The maximum absolute atomic E-state index is 5.97. The van der Waals surface area contributed by atoms with Crippen molar-refractivity contribution in [1.82, 2.24) is 19.5 Å². The van der Waals surface area contributed by atoms with E-state index in [0.717, 1.165) is 5.65 Å². The Kier molecular flexibility index (Phi) is 3.48. The molecule has 2 aromatic heterocycles. The number of allylic oxidation sites excluding steroid dienone is 1. The third-order valence-electron chi connectivity index (χ3n) is 3.05. The van der Waals surface area contributed by atoms with Crippen LogP contribution in [0.2, 0.25) is 5.15 Å². The Labute approximate surface area is 121 Å². The van der Waals surface area contributed by atoms with Crippen molar-refractivity contribution < 1.29 is 0 Å². The highest BCUT2D eigenvalue weighted by Gasteiger charge is 2.06. The van der Waals surface area contributed by atoms with Crippen molar-refractivity contribution in [2.45, 2.75) is 13.5 Å². The number of rotatable bonds is 3. The van der Waals surface area contributed by atoms with Gasteiger partial charge in [0.25, 0.3) is 0 Å². The SMILES string of the molecule is Cc1ccc(/C=C/Cn2cnc3c(Cl)ncnc32)cc1. The molecule has 0 fully saturated rings. The Hall–Kier alpha value is -2.20. The minimum atomic E-state index is 0.385. The molecule has 0 bridgehead atoms. The van der Waals surface area contributed by atoms with Gasteiger partial charge in [0.1, 0.15) is 11.8 Å². The van der Waals surface area contributed by atoms with Gasteiger partial charge >= 0.3 is 0 Å². The van der Waals surface area contributed by atoms with Crippen LogP contribution in [0.5, 0.6) is 0 Å². The molecule has 0 unspecified atom stereocenters. The minimum absolute atomic E-state index is 0.385. The van der Waals surface area contributed by atoms with E-state index in [9.17, 15) is 0 Å². The predicted molar refractivity (Wildman–Crippen MR) is 80.5 cm³/mol. The lowest BCUT2D eigenvalue weighted by Gasteiger charge is -1.99. The first kappa shape index (κ1) is 12.8. The van der Waals surface area contributed by atoms with Crippen molar-refractivity contribution in [2.24, 2.45) is 0 Å². The van der Waals surface area contributed by atoms with E-state index in [0.29, 0.717) is 17.2 Å². The van der Waals surface area contributed by atoms with Gasteiger partial charge in [0.15, 0.2) is 10.8 Å². The summed E-state index contributed by atoms with van der Waals surface area (Å²) in [4.78, 5) is 12.4. The Bertz CT molecular complexity index is 759. The zero-order valence-corrected chi connectivity index (χ0v) is 11.7. The van der Waals surface area contributed by atoms with Gasteiger partial charge < -0.3 is 4.57 Å². The van der Waals surface area contributed by atoms with Gasteiger partial charge in [-0.05, 0) is 12.5 Å². The number of benzene rings is 1. The van der Waals surface area contributed by atoms with Crippen molar-refractivity contribution in [3.05, 3.63) is 59.3 Å². The summed E-state index contributed by atoms with van der Waals surface area (Å²) in [6, 6.07) is 8.38.